The first kappa shape index (κ1) is 11.5. The Bertz CT molecular complexity index is 163. The third kappa shape index (κ3) is 3.77. The zero-order valence-corrected chi connectivity index (χ0v) is 8.99. The molecule has 3 N–H and O–H groups in total. The van der Waals surface area contributed by atoms with Crippen LogP contribution in [0.25, 0.3) is 0 Å². The van der Waals surface area contributed by atoms with Crippen LogP contribution in [0.3, 0.4) is 0 Å². The molecule has 0 aliphatic heterocycles. The average molecular weight is 170 g/mol. The zero-order chi connectivity index (χ0) is 9.99. The van der Waals surface area contributed by atoms with E-state index in [2.05, 4.69) is 46.5 Å². The van der Waals surface area contributed by atoms with E-state index in [1.54, 1.807) is 0 Å². The molecule has 0 unspecified atom stereocenters. The van der Waals surface area contributed by atoms with Crippen LogP contribution in [0.1, 0.15) is 34.6 Å². The lowest BCUT2D eigenvalue weighted by molar-refractivity contribution is 0.369. The molecule has 0 amide bonds. The van der Waals surface area contributed by atoms with E-state index in [1.807, 2.05) is 0 Å². The van der Waals surface area contributed by atoms with E-state index in [0.717, 1.165) is 5.70 Å². The molecule has 0 aromatic heterocycles. The van der Waals surface area contributed by atoms with E-state index in [0.29, 0.717) is 6.54 Å². The first-order valence-electron chi connectivity index (χ1n) is 4.37. The predicted molar refractivity (Wildman–Crippen MR) is 54.9 cm³/mol. The lowest BCUT2D eigenvalue weighted by Gasteiger charge is -2.33. The monoisotopic (exact) mass is 170 g/mol. The molecule has 0 fully saturated rings. The van der Waals surface area contributed by atoms with Crippen LogP contribution in [0.5, 0.6) is 0 Å². The van der Waals surface area contributed by atoms with Gasteiger partial charge in [-0.3, -0.25) is 0 Å². The van der Waals surface area contributed by atoms with Gasteiger partial charge in [-0.25, -0.2) is 0 Å². The number of hydrogen-bond acceptors (Lipinski definition) is 2. The van der Waals surface area contributed by atoms with Crippen LogP contribution in [0, 0.1) is 5.41 Å². The smallest absolute Gasteiger partial charge is 0.0436 e. The second-order valence-corrected chi connectivity index (χ2v) is 4.94. The molecule has 0 aliphatic carbocycles. The summed E-state index contributed by atoms with van der Waals surface area (Å²) < 4.78 is 0. The lowest BCUT2D eigenvalue weighted by Crippen LogP contribution is -2.47. The van der Waals surface area contributed by atoms with Crippen LogP contribution in [0.15, 0.2) is 12.3 Å². The van der Waals surface area contributed by atoms with Crippen LogP contribution in [-0.4, -0.2) is 12.1 Å². The molecule has 0 heterocycles. The highest BCUT2D eigenvalue weighted by atomic mass is 15.0. The van der Waals surface area contributed by atoms with Crippen molar-refractivity contribution in [2.45, 2.75) is 40.2 Å². The summed E-state index contributed by atoms with van der Waals surface area (Å²) in [5, 5.41) is 3.33. The lowest BCUT2D eigenvalue weighted by atomic mass is 9.91. The standard InChI is InChI=1S/C10H22N2/c1-8(9(2,3)4)12-10(5,6)7-11/h12H,1,7,11H2,2-6H3. The molecule has 0 bridgehead atoms. The van der Waals surface area contributed by atoms with E-state index in [1.165, 1.54) is 0 Å². The predicted octanol–water partition coefficient (Wildman–Crippen LogP) is 1.87. The summed E-state index contributed by atoms with van der Waals surface area (Å²) in [6, 6.07) is 0. The summed E-state index contributed by atoms with van der Waals surface area (Å²) in [5.74, 6) is 0. The third-order valence-corrected chi connectivity index (χ3v) is 1.90. The Morgan fingerprint density at radius 3 is 1.92 bits per heavy atom. The number of nitrogens with one attached hydrogen (secondary N) is 1. The zero-order valence-electron chi connectivity index (χ0n) is 8.99. The average Bonchev–Trinajstić information content (AvgIpc) is 1.85. The first-order chi connectivity index (χ1) is 5.19. The van der Waals surface area contributed by atoms with Crippen molar-refractivity contribution in [1.29, 1.82) is 0 Å². The number of hydrogen-bond donors (Lipinski definition) is 2. The molecule has 0 aromatic carbocycles. The minimum Gasteiger partial charge on any atom is -0.382 e. The quantitative estimate of drug-likeness (QED) is 0.678. The van der Waals surface area contributed by atoms with Crippen molar-refractivity contribution in [2.24, 2.45) is 11.1 Å². The molecule has 2 heteroatoms. The van der Waals surface area contributed by atoms with E-state index in [-0.39, 0.29) is 11.0 Å². The summed E-state index contributed by atoms with van der Waals surface area (Å²) in [4.78, 5) is 0. The normalized spacial score (nSPS) is 12.8. The van der Waals surface area contributed by atoms with Crippen molar-refractivity contribution >= 4 is 0 Å². The van der Waals surface area contributed by atoms with E-state index in [9.17, 15) is 0 Å². The van der Waals surface area contributed by atoms with Gasteiger partial charge < -0.3 is 11.1 Å². The number of allylic oxidation sites excluding steroid dienone is 1. The molecule has 0 saturated heterocycles. The van der Waals surface area contributed by atoms with Gasteiger partial charge in [-0.15, -0.1) is 0 Å². The maximum absolute atomic E-state index is 5.59. The Balaban J connectivity index is 4.20. The van der Waals surface area contributed by atoms with Gasteiger partial charge in [0.15, 0.2) is 0 Å². The van der Waals surface area contributed by atoms with Gasteiger partial charge in [0.05, 0.1) is 0 Å². The summed E-state index contributed by atoms with van der Waals surface area (Å²) in [6.45, 7) is 15.2. The van der Waals surface area contributed by atoms with Crippen molar-refractivity contribution in [3.63, 3.8) is 0 Å². The van der Waals surface area contributed by atoms with Crippen molar-refractivity contribution in [3.8, 4) is 0 Å². The van der Waals surface area contributed by atoms with Crippen LogP contribution in [0.4, 0.5) is 0 Å². The Kier molecular flexibility index (Phi) is 3.34. The fourth-order valence-electron chi connectivity index (χ4n) is 0.647. The molecule has 0 aromatic rings. The minimum atomic E-state index is -0.0512. The summed E-state index contributed by atoms with van der Waals surface area (Å²) in [6.07, 6.45) is 0. The molecule has 0 atom stereocenters. The molecular formula is C10H22N2. The molecule has 0 rings (SSSR count). The summed E-state index contributed by atoms with van der Waals surface area (Å²) in [5.41, 5.74) is 6.69. The molecule has 2 nitrogen and oxygen atoms in total. The number of nitrogens with two attached hydrogens (primary N) is 1. The summed E-state index contributed by atoms with van der Waals surface area (Å²) >= 11 is 0. The second kappa shape index (κ2) is 3.48. The second-order valence-electron chi connectivity index (χ2n) is 4.94. The van der Waals surface area contributed by atoms with Gasteiger partial charge in [0.1, 0.15) is 0 Å². The highest BCUT2D eigenvalue weighted by molar-refractivity contribution is 5.06. The first-order valence-corrected chi connectivity index (χ1v) is 4.37. The molecule has 0 saturated carbocycles. The van der Waals surface area contributed by atoms with Crippen LogP contribution in [-0.2, 0) is 0 Å². The molecular weight excluding hydrogens is 148 g/mol. The van der Waals surface area contributed by atoms with Gasteiger partial charge >= 0.3 is 0 Å². The fraction of sp³-hybridized carbons (Fsp3) is 0.800. The SMILES string of the molecule is C=C(NC(C)(C)CN)C(C)(C)C. The van der Waals surface area contributed by atoms with Gasteiger partial charge in [0.2, 0.25) is 0 Å². The third-order valence-electron chi connectivity index (χ3n) is 1.90. The molecule has 0 aliphatic rings. The van der Waals surface area contributed by atoms with Gasteiger partial charge in [0, 0.05) is 23.2 Å². The Morgan fingerprint density at radius 1 is 1.25 bits per heavy atom. The molecule has 0 spiro atoms. The van der Waals surface area contributed by atoms with Gasteiger partial charge in [-0.2, -0.15) is 0 Å². The van der Waals surface area contributed by atoms with Gasteiger partial charge in [0.25, 0.3) is 0 Å². The maximum Gasteiger partial charge on any atom is 0.0436 e. The van der Waals surface area contributed by atoms with Gasteiger partial charge in [-0.05, 0) is 13.8 Å². The van der Waals surface area contributed by atoms with Crippen molar-refractivity contribution in [3.05, 3.63) is 12.3 Å². The minimum absolute atomic E-state index is 0.0512. The molecule has 72 valence electrons. The Labute approximate surface area is 76.2 Å². The van der Waals surface area contributed by atoms with Crippen LogP contribution < -0.4 is 11.1 Å². The molecule has 0 radical (unpaired) electrons. The van der Waals surface area contributed by atoms with Crippen LogP contribution >= 0.6 is 0 Å². The van der Waals surface area contributed by atoms with Crippen LogP contribution in [0.2, 0.25) is 0 Å². The highest BCUT2D eigenvalue weighted by Crippen LogP contribution is 2.22. The summed E-state index contributed by atoms with van der Waals surface area (Å²) in [7, 11) is 0. The highest BCUT2D eigenvalue weighted by Gasteiger charge is 2.21. The topological polar surface area (TPSA) is 38.0 Å². The van der Waals surface area contributed by atoms with Gasteiger partial charge in [-0.1, -0.05) is 27.4 Å². The van der Waals surface area contributed by atoms with E-state index >= 15 is 0 Å². The number of rotatable bonds is 3. The largest absolute Gasteiger partial charge is 0.382 e. The van der Waals surface area contributed by atoms with E-state index < -0.39 is 0 Å². The fourth-order valence-corrected chi connectivity index (χ4v) is 0.647. The van der Waals surface area contributed by atoms with Crippen molar-refractivity contribution in [2.75, 3.05) is 6.54 Å². The van der Waals surface area contributed by atoms with Crippen molar-refractivity contribution in [1.82, 2.24) is 5.32 Å². The Morgan fingerprint density at radius 2 is 1.67 bits per heavy atom. The van der Waals surface area contributed by atoms with E-state index in [4.69, 9.17) is 5.73 Å². The van der Waals surface area contributed by atoms with Crippen molar-refractivity contribution < 1.29 is 0 Å². The maximum atomic E-state index is 5.59. The Hall–Kier alpha value is -0.500. The molecule has 12 heavy (non-hydrogen) atoms.